The molecule has 0 fully saturated rings. The number of carbonyl (C=O) groups excluding carboxylic acids is 1. The first kappa shape index (κ1) is 19.8. The van der Waals surface area contributed by atoms with E-state index in [0.717, 1.165) is 4.47 Å². The summed E-state index contributed by atoms with van der Waals surface area (Å²) < 4.78 is 17.7. The Balaban J connectivity index is 1.86. The lowest BCUT2D eigenvalue weighted by atomic mass is 9.97. The van der Waals surface area contributed by atoms with Crippen LogP contribution in [0.5, 0.6) is 11.5 Å². The van der Waals surface area contributed by atoms with E-state index < -0.39 is 11.9 Å². The first-order valence-corrected chi connectivity index (χ1v) is 10.9. The Bertz CT molecular complexity index is 1380. The summed E-state index contributed by atoms with van der Waals surface area (Å²) in [5.41, 5.74) is 0.917. The molecule has 1 aliphatic rings. The van der Waals surface area contributed by atoms with Crippen molar-refractivity contribution >= 4 is 49.3 Å². The van der Waals surface area contributed by atoms with Crippen LogP contribution in [0, 0.1) is 0 Å². The van der Waals surface area contributed by atoms with E-state index in [1.165, 1.54) is 23.3 Å². The number of rotatable bonds is 4. The molecule has 1 amide bonds. The van der Waals surface area contributed by atoms with Crippen molar-refractivity contribution in [2.75, 3.05) is 19.1 Å². The molecule has 1 unspecified atom stereocenters. The Morgan fingerprint density at radius 1 is 1.13 bits per heavy atom. The molecule has 156 valence electrons. The zero-order valence-electron chi connectivity index (χ0n) is 16.4. The number of thiazole rings is 1. The second-order valence-electron chi connectivity index (χ2n) is 6.81. The fraction of sp³-hybridized carbons (Fsp3) is 0.136. The molecule has 0 aliphatic carbocycles. The van der Waals surface area contributed by atoms with Gasteiger partial charge in [-0.25, -0.2) is 4.98 Å². The van der Waals surface area contributed by atoms with Gasteiger partial charge in [-0.05, 0) is 36.4 Å². The van der Waals surface area contributed by atoms with Crippen LogP contribution in [0.3, 0.4) is 0 Å². The van der Waals surface area contributed by atoms with Crippen molar-refractivity contribution in [3.05, 3.63) is 79.6 Å². The van der Waals surface area contributed by atoms with E-state index in [-0.39, 0.29) is 16.8 Å². The Hall–Kier alpha value is -3.17. The van der Waals surface area contributed by atoms with Gasteiger partial charge in [0.25, 0.3) is 5.91 Å². The van der Waals surface area contributed by atoms with Gasteiger partial charge in [-0.2, -0.15) is 0 Å². The van der Waals surface area contributed by atoms with Gasteiger partial charge in [0, 0.05) is 21.6 Å². The predicted octanol–water partition coefficient (Wildman–Crippen LogP) is 4.78. The minimum Gasteiger partial charge on any atom is -0.497 e. The second-order valence-corrected chi connectivity index (χ2v) is 8.60. The van der Waals surface area contributed by atoms with Crippen LogP contribution in [-0.2, 0) is 0 Å². The minimum atomic E-state index is -0.779. The van der Waals surface area contributed by atoms with E-state index >= 15 is 0 Å². The minimum absolute atomic E-state index is 0.00453. The van der Waals surface area contributed by atoms with E-state index in [4.69, 9.17) is 13.9 Å². The van der Waals surface area contributed by atoms with Gasteiger partial charge in [0.05, 0.1) is 25.2 Å². The number of amides is 1. The zero-order chi connectivity index (χ0) is 21.7. The predicted molar refractivity (Wildman–Crippen MR) is 120 cm³/mol. The number of ether oxygens (including phenoxy) is 2. The van der Waals surface area contributed by atoms with Crippen molar-refractivity contribution in [3.8, 4) is 11.5 Å². The highest BCUT2D eigenvalue weighted by Crippen LogP contribution is 2.45. The molecular weight excluding hydrogens is 484 g/mol. The van der Waals surface area contributed by atoms with E-state index in [1.54, 1.807) is 55.1 Å². The summed E-state index contributed by atoms with van der Waals surface area (Å²) in [6, 6.07) is 9.61. The van der Waals surface area contributed by atoms with Crippen LogP contribution in [0.2, 0.25) is 0 Å². The molecule has 2 aromatic carbocycles. The molecular formula is C22H15BrN2O5S. The standard InChI is InChI=1S/C22H15BrN2O5S/c1-28-12-4-6-15(29-2)13(10-12)18-17-19(26)14-9-11(23)3-5-16(14)30-20(17)21(27)25(18)22-24-7-8-31-22/h3-10,18H,1-2H3. The molecule has 0 N–H and O–H groups in total. The molecule has 2 aromatic heterocycles. The number of anilines is 1. The van der Waals surface area contributed by atoms with E-state index in [9.17, 15) is 9.59 Å². The van der Waals surface area contributed by atoms with Gasteiger partial charge in [0.15, 0.2) is 10.6 Å². The van der Waals surface area contributed by atoms with E-state index in [1.807, 2.05) is 0 Å². The van der Waals surface area contributed by atoms with Gasteiger partial charge in [0.2, 0.25) is 5.76 Å². The van der Waals surface area contributed by atoms with Crippen molar-refractivity contribution < 1.29 is 18.7 Å². The van der Waals surface area contributed by atoms with E-state index in [0.29, 0.717) is 33.2 Å². The molecule has 0 radical (unpaired) electrons. The average Bonchev–Trinajstić information content (AvgIpc) is 3.40. The maximum absolute atomic E-state index is 13.6. The Kier molecular flexibility index (Phi) is 4.79. The van der Waals surface area contributed by atoms with Crippen LogP contribution in [0.15, 0.2) is 61.7 Å². The average molecular weight is 499 g/mol. The number of halogens is 1. The van der Waals surface area contributed by atoms with Crippen molar-refractivity contribution in [2.24, 2.45) is 0 Å². The highest BCUT2D eigenvalue weighted by atomic mass is 79.9. The summed E-state index contributed by atoms with van der Waals surface area (Å²) in [6.07, 6.45) is 1.61. The highest BCUT2D eigenvalue weighted by Gasteiger charge is 2.46. The first-order valence-electron chi connectivity index (χ1n) is 9.24. The summed E-state index contributed by atoms with van der Waals surface area (Å²) >= 11 is 4.70. The molecule has 0 bridgehead atoms. The van der Waals surface area contributed by atoms with Crippen LogP contribution >= 0.6 is 27.3 Å². The Morgan fingerprint density at radius 3 is 2.68 bits per heavy atom. The fourth-order valence-electron chi connectivity index (χ4n) is 3.82. The van der Waals surface area contributed by atoms with Crippen LogP contribution in [0.4, 0.5) is 5.13 Å². The van der Waals surface area contributed by atoms with Gasteiger partial charge in [-0.3, -0.25) is 14.5 Å². The zero-order valence-corrected chi connectivity index (χ0v) is 18.8. The molecule has 7 nitrogen and oxygen atoms in total. The summed E-state index contributed by atoms with van der Waals surface area (Å²) in [5.74, 6) is 0.664. The lowest BCUT2D eigenvalue weighted by Gasteiger charge is -2.24. The molecule has 0 saturated heterocycles. The lowest BCUT2D eigenvalue weighted by Crippen LogP contribution is -2.29. The topological polar surface area (TPSA) is 81.9 Å². The molecule has 0 saturated carbocycles. The molecule has 9 heteroatoms. The first-order chi connectivity index (χ1) is 15.0. The molecule has 1 aliphatic heterocycles. The third-order valence-corrected chi connectivity index (χ3v) is 6.45. The number of hydrogen-bond acceptors (Lipinski definition) is 7. The molecule has 0 spiro atoms. The summed E-state index contributed by atoms with van der Waals surface area (Å²) in [7, 11) is 3.09. The van der Waals surface area contributed by atoms with Crippen molar-refractivity contribution in [1.29, 1.82) is 0 Å². The van der Waals surface area contributed by atoms with Crippen molar-refractivity contribution in [3.63, 3.8) is 0 Å². The van der Waals surface area contributed by atoms with Crippen LogP contribution < -0.4 is 19.8 Å². The quantitative estimate of drug-likeness (QED) is 0.402. The normalized spacial score (nSPS) is 15.4. The van der Waals surface area contributed by atoms with Gasteiger partial charge >= 0.3 is 0 Å². The molecule has 4 aromatic rings. The van der Waals surface area contributed by atoms with Gasteiger partial charge in [0.1, 0.15) is 23.1 Å². The SMILES string of the molecule is COc1ccc(OC)c(C2c3c(oc4ccc(Br)cc4c3=O)C(=O)N2c2nccs2)c1. The summed E-state index contributed by atoms with van der Waals surface area (Å²) in [6.45, 7) is 0. The second kappa shape index (κ2) is 7.51. The summed E-state index contributed by atoms with van der Waals surface area (Å²) in [4.78, 5) is 32.9. The number of hydrogen-bond donors (Lipinski definition) is 0. The van der Waals surface area contributed by atoms with Gasteiger partial charge < -0.3 is 13.9 Å². The fourth-order valence-corrected chi connectivity index (χ4v) is 4.85. The third kappa shape index (κ3) is 3.03. The smallest absolute Gasteiger partial charge is 0.297 e. The molecule has 1 atom stereocenters. The molecule has 3 heterocycles. The van der Waals surface area contributed by atoms with Gasteiger partial charge in [-0.1, -0.05) is 15.9 Å². The third-order valence-electron chi connectivity index (χ3n) is 5.19. The summed E-state index contributed by atoms with van der Waals surface area (Å²) in [5, 5.41) is 2.61. The van der Waals surface area contributed by atoms with Crippen LogP contribution in [-0.4, -0.2) is 25.1 Å². The largest absolute Gasteiger partial charge is 0.497 e. The number of methoxy groups -OCH3 is 2. The number of fused-ring (bicyclic) bond motifs is 2. The number of benzene rings is 2. The van der Waals surface area contributed by atoms with E-state index in [2.05, 4.69) is 20.9 Å². The van der Waals surface area contributed by atoms with Gasteiger partial charge in [-0.15, -0.1) is 11.3 Å². The van der Waals surface area contributed by atoms with Crippen LogP contribution in [0.1, 0.15) is 27.7 Å². The van der Waals surface area contributed by atoms with Crippen LogP contribution in [0.25, 0.3) is 11.0 Å². The number of nitrogens with zero attached hydrogens (tertiary/aromatic N) is 2. The van der Waals surface area contributed by atoms with Crippen molar-refractivity contribution in [2.45, 2.75) is 6.04 Å². The molecule has 31 heavy (non-hydrogen) atoms. The maximum Gasteiger partial charge on any atom is 0.297 e. The molecule has 5 rings (SSSR count). The Labute approximate surface area is 189 Å². The number of carbonyl (C=O) groups is 1. The van der Waals surface area contributed by atoms with Crippen molar-refractivity contribution in [1.82, 2.24) is 4.98 Å². The maximum atomic E-state index is 13.6. The number of aromatic nitrogens is 1. The monoisotopic (exact) mass is 498 g/mol. The Morgan fingerprint density at radius 2 is 1.97 bits per heavy atom. The lowest BCUT2D eigenvalue weighted by molar-refractivity contribution is 0.0970. The highest BCUT2D eigenvalue weighted by molar-refractivity contribution is 9.10.